The topological polar surface area (TPSA) is 64.3 Å². The molecule has 2 aromatic carbocycles. The van der Waals surface area contributed by atoms with Crippen molar-refractivity contribution in [2.45, 2.75) is 13.2 Å². The summed E-state index contributed by atoms with van der Waals surface area (Å²) >= 11 is 0. The molecule has 4 nitrogen and oxygen atoms in total. The summed E-state index contributed by atoms with van der Waals surface area (Å²) < 4.78 is 5.11. The third-order valence-electron chi connectivity index (χ3n) is 2.65. The zero-order chi connectivity index (χ0) is 13.5. The van der Waals surface area contributed by atoms with E-state index in [0.29, 0.717) is 12.2 Å². The minimum atomic E-state index is -0.468. The fourth-order valence-corrected chi connectivity index (χ4v) is 1.60. The molecule has 1 amide bonds. The maximum absolute atomic E-state index is 11.6. The Morgan fingerprint density at radius 3 is 2.32 bits per heavy atom. The molecule has 0 aliphatic rings. The summed E-state index contributed by atoms with van der Waals surface area (Å²) in [6.45, 7) is 0.742. The average molecular weight is 256 g/mol. The minimum absolute atomic E-state index is 0.257. The van der Waals surface area contributed by atoms with Gasteiger partial charge >= 0.3 is 6.09 Å². The first-order valence-corrected chi connectivity index (χ1v) is 6.04. The normalized spacial score (nSPS) is 9.95. The summed E-state index contributed by atoms with van der Waals surface area (Å²) in [5.74, 6) is 0. The van der Waals surface area contributed by atoms with Gasteiger partial charge in [-0.3, -0.25) is 5.32 Å². The molecule has 0 heterocycles. The van der Waals surface area contributed by atoms with Crippen molar-refractivity contribution in [1.82, 2.24) is 0 Å². The highest BCUT2D eigenvalue weighted by Gasteiger charge is 2.03. The van der Waals surface area contributed by atoms with Crippen LogP contribution in [-0.4, -0.2) is 6.09 Å². The summed E-state index contributed by atoms with van der Waals surface area (Å²) in [5.41, 5.74) is 8.16. The molecule has 0 aromatic heterocycles. The second-order valence-electron chi connectivity index (χ2n) is 4.09. The Hall–Kier alpha value is -2.33. The number of rotatable bonds is 4. The van der Waals surface area contributed by atoms with E-state index >= 15 is 0 Å². The molecule has 0 radical (unpaired) electrons. The number of benzene rings is 2. The predicted molar refractivity (Wildman–Crippen MR) is 74.6 cm³/mol. The number of anilines is 1. The molecular formula is C15H16N2O2. The molecule has 2 rings (SSSR count). The summed E-state index contributed by atoms with van der Waals surface area (Å²) in [7, 11) is 0. The van der Waals surface area contributed by atoms with E-state index in [1.165, 1.54) is 0 Å². The van der Waals surface area contributed by atoms with Gasteiger partial charge in [-0.1, -0.05) is 42.5 Å². The summed E-state index contributed by atoms with van der Waals surface area (Å²) in [6, 6.07) is 16.9. The Bertz CT molecular complexity index is 524. The number of amides is 1. The third-order valence-corrected chi connectivity index (χ3v) is 2.65. The maximum Gasteiger partial charge on any atom is 0.411 e. The van der Waals surface area contributed by atoms with Crippen LogP contribution in [0.2, 0.25) is 0 Å². The summed E-state index contributed by atoms with van der Waals surface area (Å²) in [6.07, 6.45) is -0.468. The quantitative estimate of drug-likeness (QED) is 0.884. The lowest BCUT2D eigenvalue weighted by atomic mass is 10.2. The Labute approximate surface area is 112 Å². The van der Waals surface area contributed by atoms with Crippen LogP contribution in [0.15, 0.2) is 54.6 Å². The Morgan fingerprint density at radius 2 is 1.68 bits per heavy atom. The average Bonchev–Trinajstić information content (AvgIpc) is 2.47. The first-order chi connectivity index (χ1) is 9.28. The van der Waals surface area contributed by atoms with Crippen LogP contribution < -0.4 is 11.1 Å². The standard InChI is InChI=1S/C15H16N2O2/c16-10-12-6-8-14(9-7-12)17-15(18)19-11-13-4-2-1-3-5-13/h1-9H,10-11,16H2,(H,17,18). The zero-order valence-corrected chi connectivity index (χ0v) is 10.5. The SMILES string of the molecule is NCc1ccc(NC(=O)OCc2ccccc2)cc1. The van der Waals surface area contributed by atoms with E-state index in [-0.39, 0.29) is 6.61 Å². The van der Waals surface area contributed by atoms with Crippen LogP contribution in [0.5, 0.6) is 0 Å². The maximum atomic E-state index is 11.6. The van der Waals surface area contributed by atoms with Gasteiger partial charge in [0.05, 0.1) is 0 Å². The molecule has 0 spiro atoms. The Balaban J connectivity index is 1.83. The van der Waals surface area contributed by atoms with E-state index in [0.717, 1.165) is 11.1 Å². The van der Waals surface area contributed by atoms with Crippen molar-refractivity contribution >= 4 is 11.8 Å². The highest BCUT2D eigenvalue weighted by molar-refractivity contribution is 5.84. The Kier molecular flexibility index (Phi) is 4.53. The fraction of sp³-hybridized carbons (Fsp3) is 0.133. The number of hydrogen-bond acceptors (Lipinski definition) is 3. The van der Waals surface area contributed by atoms with E-state index in [1.807, 2.05) is 42.5 Å². The van der Waals surface area contributed by atoms with E-state index in [2.05, 4.69) is 5.32 Å². The van der Waals surface area contributed by atoms with Gasteiger partial charge in [0.15, 0.2) is 0 Å². The molecule has 0 saturated carbocycles. The van der Waals surface area contributed by atoms with Crippen molar-refractivity contribution in [3.05, 3.63) is 65.7 Å². The van der Waals surface area contributed by atoms with E-state index in [4.69, 9.17) is 10.5 Å². The number of ether oxygens (including phenoxy) is 1. The highest BCUT2D eigenvalue weighted by Crippen LogP contribution is 2.10. The van der Waals surface area contributed by atoms with E-state index in [9.17, 15) is 4.79 Å². The molecule has 2 aromatic rings. The molecular weight excluding hydrogens is 240 g/mol. The van der Waals surface area contributed by atoms with Gasteiger partial charge in [0.25, 0.3) is 0 Å². The van der Waals surface area contributed by atoms with Crippen LogP contribution in [0.3, 0.4) is 0 Å². The largest absolute Gasteiger partial charge is 0.444 e. The highest BCUT2D eigenvalue weighted by atomic mass is 16.5. The second-order valence-corrected chi connectivity index (χ2v) is 4.09. The lowest BCUT2D eigenvalue weighted by Crippen LogP contribution is -2.13. The summed E-state index contributed by atoms with van der Waals surface area (Å²) in [4.78, 5) is 11.6. The molecule has 98 valence electrons. The zero-order valence-electron chi connectivity index (χ0n) is 10.5. The number of nitrogens with two attached hydrogens (primary N) is 1. The van der Waals surface area contributed by atoms with Crippen molar-refractivity contribution in [3.8, 4) is 0 Å². The van der Waals surface area contributed by atoms with Crippen LogP contribution in [0.4, 0.5) is 10.5 Å². The lowest BCUT2D eigenvalue weighted by molar-refractivity contribution is 0.155. The number of carbonyl (C=O) groups excluding carboxylic acids is 1. The third kappa shape index (κ3) is 4.12. The van der Waals surface area contributed by atoms with Crippen molar-refractivity contribution in [3.63, 3.8) is 0 Å². The van der Waals surface area contributed by atoms with Gasteiger partial charge < -0.3 is 10.5 Å². The molecule has 0 fully saturated rings. The van der Waals surface area contributed by atoms with Crippen LogP contribution in [0.25, 0.3) is 0 Å². The van der Waals surface area contributed by atoms with Gasteiger partial charge in [-0.15, -0.1) is 0 Å². The van der Waals surface area contributed by atoms with Crippen molar-refractivity contribution < 1.29 is 9.53 Å². The Morgan fingerprint density at radius 1 is 1.00 bits per heavy atom. The molecule has 0 aliphatic carbocycles. The molecule has 0 unspecified atom stereocenters. The van der Waals surface area contributed by atoms with Crippen molar-refractivity contribution in [2.75, 3.05) is 5.32 Å². The molecule has 3 N–H and O–H groups in total. The van der Waals surface area contributed by atoms with Gasteiger partial charge in [0.1, 0.15) is 6.61 Å². The molecule has 19 heavy (non-hydrogen) atoms. The summed E-state index contributed by atoms with van der Waals surface area (Å²) in [5, 5.41) is 2.66. The predicted octanol–water partition coefficient (Wildman–Crippen LogP) is 2.89. The molecule has 4 heteroatoms. The molecule has 0 atom stereocenters. The fourth-order valence-electron chi connectivity index (χ4n) is 1.60. The first-order valence-electron chi connectivity index (χ1n) is 6.04. The molecule has 0 saturated heterocycles. The van der Waals surface area contributed by atoms with Gasteiger partial charge in [-0.2, -0.15) is 0 Å². The van der Waals surface area contributed by atoms with Crippen LogP contribution in [-0.2, 0) is 17.9 Å². The smallest absolute Gasteiger partial charge is 0.411 e. The van der Waals surface area contributed by atoms with E-state index in [1.54, 1.807) is 12.1 Å². The van der Waals surface area contributed by atoms with E-state index < -0.39 is 6.09 Å². The monoisotopic (exact) mass is 256 g/mol. The number of hydrogen-bond donors (Lipinski definition) is 2. The van der Waals surface area contributed by atoms with Crippen LogP contribution in [0.1, 0.15) is 11.1 Å². The van der Waals surface area contributed by atoms with Gasteiger partial charge in [0, 0.05) is 12.2 Å². The van der Waals surface area contributed by atoms with Crippen molar-refractivity contribution in [1.29, 1.82) is 0 Å². The number of carbonyl (C=O) groups is 1. The minimum Gasteiger partial charge on any atom is -0.444 e. The van der Waals surface area contributed by atoms with Crippen molar-refractivity contribution in [2.24, 2.45) is 5.73 Å². The second kappa shape index (κ2) is 6.56. The van der Waals surface area contributed by atoms with Gasteiger partial charge in [-0.25, -0.2) is 4.79 Å². The van der Waals surface area contributed by atoms with Gasteiger partial charge in [-0.05, 0) is 23.3 Å². The van der Waals surface area contributed by atoms with Crippen LogP contribution >= 0.6 is 0 Å². The van der Waals surface area contributed by atoms with Crippen LogP contribution in [0, 0.1) is 0 Å². The molecule has 0 bridgehead atoms. The molecule has 0 aliphatic heterocycles. The van der Waals surface area contributed by atoms with Gasteiger partial charge in [0.2, 0.25) is 0 Å². The lowest BCUT2D eigenvalue weighted by Gasteiger charge is -2.07. The first kappa shape index (κ1) is 13.1. The number of nitrogens with one attached hydrogen (secondary N) is 1.